The fraction of sp³-hybridized carbons (Fsp3) is 0.500. The third-order valence-corrected chi connectivity index (χ3v) is 4.58. The van der Waals surface area contributed by atoms with Crippen molar-refractivity contribution in [3.63, 3.8) is 0 Å². The van der Waals surface area contributed by atoms with Gasteiger partial charge in [-0.05, 0) is 18.6 Å². The first kappa shape index (κ1) is 16.2. The fourth-order valence-electron chi connectivity index (χ4n) is 2.91. The quantitative estimate of drug-likeness (QED) is 0.809. The Balaban J connectivity index is 1.66. The Bertz CT molecular complexity index is 615. The van der Waals surface area contributed by atoms with Crippen molar-refractivity contribution in [2.45, 2.75) is 25.1 Å². The van der Waals surface area contributed by atoms with Gasteiger partial charge in [0.1, 0.15) is 12.4 Å². The maximum absolute atomic E-state index is 6.23. The zero-order chi connectivity index (χ0) is 16.2. The Morgan fingerprint density at radius 1 is 1.39 bits per heavy atom. The van der Waals surface area contributed by atoms with Crippen LogP contribution in [0.3, 0.4) is 0 Å². The van der Waals surface area contributed by atoms with Gasteiger partial charge in [0.25, 0.3) is 0 Å². The topological polar surface area (TPSA) is 52.4 Å². The lowest BCUT2D eigenvalue weighted by Gasteiger charge is -2.24. The van der Waals surface area contributed by atoms with E-state index >= 15 is 0 Å². The van der Waals surface area contributed by atoms with Crippen molar-refractivity contribution >= 4 is 11.6 Å². The summed E-state index contributed by atoms with van der Waals surface area (Å²) in [7, 11) is 3.66. The summed E-state index contributed by atoms with van der Waals surface area (Å²) in [6.07, 6.45) is 6.30. The third kappa shape index (κ3) is 3.83. The number of hydrogen-bond acceptors (Lipinski definition) is 5. The second-order valence-corrected chi connectivity index (χ2v) is 6.15. The van der Waals surface area contributed by atoms with Gasteiger partial charge in [-0.25, -0.2) is 0 Å². The lowest BCUT2D eigenvalue weighted by atomic mass is 10.2. The van der Waals surface area contributed by atoms with Gasteiger partial charge in [0, 0.05) is 39.5 Å². The molecule has 0 saturated carbocycles. The smallest absolute Gasteiger partial charge is 0.137 e. The number of pyridine rings is 1. The highest BCUT2D eigenvalue weighted by molar-refractivity contribution is 6.31. The molecule has 1 aliphatic rings. The second kappa shape index (κ2) is 7.29. The Morgan fingerprint density at radius 3 is 2.91 bits per heavy atom. The number of aryl methyl sites for hydroxylation is 1. The summed E-state index contributed by atoms with van der Waals surface area (Å²) in [5.41, 5.74) is 1.01. The highest BCUT2D eigenvalue weighted by Gasteiger charge is 2.33. The average Bonchev–Trinajstić information content (AvgIpc) is 3.12. The first-order valence-corrected chi connectivity index (χ1v) is 8.01. The van der Waals surface area contributed by atoms with Crippen LogP contribution in [0, 0.1) is 0 Å². The van der Waals surface area contributed by atoms with E-state index in [4.69, 9.17) is 21.1 Å². The van der Waals surface area contributed by atoms with E-state index in [0.29, 0.717) is 11.6 Å². The Kier molecular flexibility index (Phi) is 5.15. The monoisotopic (exact) mass is 336 g/mol. The molecule has 0 amide bonds. The lowest BCUT2D eigenvalue weighted by Crippen LogP contribution is -2.34. The molecule has 2 atom stereocenters. The van der Waals surface area contributed by atoms with E-state index in [2.05, 4.69) is 15.0 Å². The molecule has 0 aliphatic carbocycles. The van der Waals surface area contributed by atoms with Crippen LogP contribution in [0.15, 0.2) is 30.7 Å². The van der Waals surface area contributed by atoms with Crippen LogP contribution in [-0.4, -0.2) is 52.1 Å². The van der Waals surface area contributed by atoms with Crippen molar-refractivity contribution in [1.82, 2.24) is 19.7 Å². The van der Waals surface area contributed by atoms with Crippen LogP contribution >= 0.6 is 11.6 Å². The molecule has 23 heavy (non-hydrogen) atoms. The third-order valence-electron chi connectivity index (χ3n) is 4.26. The van der Waals surface area contributed by atoms with Gasteiger partial charge in [-0.3, -0.25) is 14.6 Å². The predicted molar refractivity (Wildman–Crippen MR) is 87.6 cm³/mol. The minimum atomic E-state index is 0.213. The molecule has 3 heterocycles. The van der Waals surface area contributed by atoms with Crippen LogP contribution in [-0.2, 0) is 18.3 Å². The van der Waals surface area contributed by atoms with Crippen molar-refractivity contribution in [1.29, 1.82) is 0 Å². The number of likely N-dealkylation sites (tertiary alicyclic amines) is 1. The molecule has 7 heteroatoms. The molecule has 124 valence electrons. The van der Waals surface area contributed by atoms with Gasteiger partial charge in [0.2, 0.25) is 0 Å². The molecule has 0 bridgehead atoms. The molecule has 0 N–H and O–H groups in total. The summed E-state index contributed by atoms with van der Waals surface area (Å²) >= 11 is 6.23. The summed E-state index contributed by atoms with van der Waals surface area (Å²) in [4.78, 5) is 6.41. The van der Waals surface area contributed by atoms with Crippen LogP contribution in [0.2, 0.25) is 5.02 Å². The van der Waals surface area contributed by atoms with Gasteiger partial charge in [0.15, 0.2) is 0 Å². The molecule has 0 aromatic carbocycles. The summed E-state index contributed by atoms with van der Waals surface area (Å²) in [5.74, 6) is 0.784. The zero-order valence-electron chi connectivity index (χ0n) is 13.4. The summed E-state index contributed by atoms with van der Waals surface area (Å²) in [6, 6.07) is 4.05. The standard InChI is InChI=1S/C16H21ClN4O2/c1-20-16(15(17)8-19-20)10-21-9-14(22-2)6-12(21)11-23-13-4-3-5-18-7-13/h3-5,7-8,12,14H,6,9-11H2,1-2H3/t12-,14+/m0/s1. The van der Waals surface area contributed by atoms with Crippen molar-refractivity contribution in [3.8, 4) is 5.75 Å². The number of methoxy groups -OCH3 is 1. The van der Waals surface area contributed by atoms with Gasteiger partial charge in [-0.15, -0.1) is 0 Å². The van der Waals surface area contributed by atoms with Gasteiger partial charge in [-0.2, -0.15) is 5.10 Å². The molecule has 3 rings (SSSR count). The van der Waals surface area contributed by atoms with Crippen molar-refractivity contribution in [2.24, 2.45) is 7.05 Å². The van der Waals surface area contributed by atoms with E-state index in [9.17, 15) is 0 Å². The summed E-state index contributed by atoms with van der Waals surface area (Å²) < 4.78 is 13.2. The number of nitrogens with zero attached hydrogens (tertiary/aromatic N) is 4. The molecule has 0 radical (unpaired) electrons. The normalized spacial score (nSPS) is 21.7. The highest BCUT2D eigenvalue weighted by Crippen LogP contribution is 2.25. The number of halogens is 1. The van der Waals surface area contributed by atoms with E-state index in [1.165, 1.54) is 0 Å². The maximum atomic E-state index is 6.23. The zero-order valence-corrected chi connectivity index (χ0v) is 14.1. The van der Waals surface area contributed by atoms with Crippen LogP contribution in [0.5, 0.6) is 5.75 Å². The first-order valence-electron chi connectivity index (χ1n) is 7.63. The fourth-order valence-corrected chi connectivity index (χ4v) is 3.13. The molecule has 0 spiro atoms. The van der Waals surface area contributed by atoms with Gasteiger partial charge < -0.3 is 9.47 Å². The van der Waals surface area contributed by atoms with E-state index < -0.39 is 0 Å². The highest BCUT2D eigenvalue weighted by atomic mass is 35.5. The van der Waals surface area contributed by atoms with Gasteiger partial charge in [0.05, 0.1) is 29.2 Å². The minimum absolute atomic E-state index is 0.213. The second-order valence-electron chi connectivity index (χ2n) is 5.74. The molecule has 2 aromatic heterocycles. The van der Waals surface area contributed by atoms with E-state index in [1.54, 1.807) is 25.7 Å². The van der Waals surface area contributed by atoms with Crippen molar-refractivity contribution < 1.29 is 9.47 Å². The molecular weight excluding hydrogens is 316 g/mol. The minimum Gasteiger partial charge on any atom is -0.490 e. The molecular formula is C16H21ClN4O2. The largest absolute Gasteiger partial charge is 0.490 e. The molecule has 6 nitrogen and oxygen atoms in total. The molecule has 2 aromatic rings. The molecule has 1 fully saturated rings. The Hall–Kier alpha value is -1.63. The van der Waals surface area contributed by atoms with Crippen molar-refractivity contribution in [2.75, 3.05) is 20.3 Å². The molecule has 1 saturated heterocycles. The van der Waals surface area contributed by atoms with E-state index in [-0.39, 0.29) is 12.1 Å². The molecule has 0 unspecified atom stereocenters. The summed E-state index contributed by atoms with van der Waals surface area (Å²) in [5, 5.41) is 4.90. The van der Waals surface area contributed by atoms with Crippen molar-refractivity contribution in [3.05, 3.63) is 41.4 Å². The first-order chi connectivity index (χ1) is 11.2. The average molecular weight is 337 g/mol. The van der Waals surface area contributed by atoms with E-state index in [1.807, 2.05) is 23.9 Å². The SMILES string of the molecule is CO[C@@H]1C[C@@H](COc2cccnc2)N(Cc2c(Cl)cnn2C)C1. The van der Waals surface area contributed by atoms with Gasteiger partial charge in [-0.1, -0.05) is 11.6 Å². The number of hydrogen-bond donors (Lipinski definition) is 0. The number of rotatable bonds is 6. The van der Waals surface area contributed by atoms with Crippen LogP contribution < -0.4 is 4.74 Å². The Morgan fingerprint density at radius 2 is 2.26 bits per heavy atom. The number of ether oxygens (including phenoxy) is 2. The number of aromatic nitrogens is 3. The van der Waals surface area contributed by atoms with Crippen LogP contribution in [0.25, 0.3) is 0 Å². The van der Waals surface area contributed by atoms with Crippen LogP contribution in [0.1, 0.15) is 12.1 Å². The van der Waals surface area contributed by atoms with Gasteiger partial charge >= 0.3 is 0 Å². The lowest BCUT2D eigenvalue weighted by molar-refractivity contribution is 0.107. The summed E-state index contributed by atoms with van der Waals surface area (Å²) in [6.45, 7) is 2.19. The Labute approximate surface area is 141 Å². The maximum Gasteiger partial charge on any atom is 0.137 e. The predicted octanol–water partition coefficient (Wildman–Crippen LogP) is 2.14. The van der Waals surface area contributed by atoms with E-state index in [0.717, 1.165) is 31.0 Å². The van der Waals surface area contributed by atoms with Crippen LogP contribution in [0.4, 0.5) is 0 Å². The molecule has 1 aliphatic heterocycles.